The van der Waals surface area contributed by atoms with Crippen molar-refractivity contribution in [1.82, 2.24) is 9.88 Å². The van der Waals surface area contributed by atoms with Crippen LogP contribution in [0.1, 0.15) is 0 Å². The van der Waals surface area contributed by atoms with E-state index in [4.69, 9.17) is 5.73 Å². The minimum absolute atomic E-state index is 0.0264. The Bertz CT molecular complexity index is 805. The van der Waals surface area contributed by atoms with Crippen molar-refractivity contribution in [1.29, 1.82) is 0 Å². The molecule has 25 heavy (non-hydrogen) atoms. The number of piperazine rings is 1. The van der Waals surface area contributed by atoms with Crippen molar-refractivity contribution in [3.63, 3.8) is 0 Å². The Kier molecular flexibility index (Phi) is 4.73. The fourth-order valence-corrected chi connectivity index (χ4v) is 2.68. The van der Waals surface area contributed by atoms with Crippen molar-refractivity contribution in [2.45, 2.75) is 0 Å². The third kappa shape index (κ3) is 3.65. The zero-order valence-corrected chi connectivity index (χ0v) is 13.4. The number of nitrogens with zero attached hydrogens (tertiary/aromatic N) is 5. The van der Waals surface area contributed by atoms with E-state index in [1.807, 2.05) is 4.90 Å². The van der Waals surface area contributed by atoms with Gasteiger partial charge in [0.05, 0.1) is 10.6 Å². The Balaban J connectivity index is 1.71. The molecule has 0 saturated carbocycles. The lowest BCUT2D eigenvalue weighted by molar-refractivity contribution is -0.384. The van der Waals surface area contributed by atoms with E-state index in [9.17, 15) is 14.5 Å². The number of hydrogen-bond acceptors (Lipinski definition) is 5. The highest BCUT2D eigenvalue weighted by atomic mass is 19.1. The van der Waals surface area contributed by atoms with E-state index in [0.29, 0.717) is 31.9 Å². The molecule has 2 heterocycles. The number of nitrogens with two attached hydrogens (primary N) is 1. The standard InChI is InChI=1S/C16H17FN6O2/c17-12-4-1-2-5-13(12)21-8-10-22(11-9-21)16(18)20-15-14(23(24)25)6-3-7-19-15/h1-7H,8-11H2,(H2,18,19,20). The molecule has 2 N–H and O–H groups in total. The number of halogens is 1. The van der Waals surface area contributed by atoms with E-state index in [-0.39, 0.29) is 23.3 Å². The Labute approximate surface area is 143 Å². The molecule has 1 aromatic heterocycles. The lowest BCUT2D eigenvalue weighted by atomic mass is 10.2. The van der Waals surface area contributed by atoms with Crippen molar-refractivity contribution in [3.8, 4) is 0 Å². The second-order valence-electron chi connectivity index (χ2n) is 5.50. The average Bonchev–Trinajstić information content (AvgIpc) is 2.62. The number of rotatable bonds is 3. The van der Waals surface area contributed by atoms with Gasteiger partial charge in [-0.25, -0.2) is 9.37 Å². The maximum atomic E-state index is 13.9. The fourth-order valence-electron chi connectivity index (χ4n) is 2.68. The van der Waals surface area contributed by atoms with Gasteiger partial charge in [-0.2, -0.15) is 4.99 Å². The lowest BCUT2D eigenvalue weighted by Gasteiger charge is -2.36. The topological polar surface area (TPSA) is 101 Å². The van der Waals surface area contributed by atoms with E-state index < -0.39 is 4.92 Å². The monoisotopic (exact) mass is 344 g/mol. The van der Waals surface area contributed by atoms with E-state index in [1.54, 1.807) is 23.1 Å². The number of aromatic nitrogens is 1. The molecule has 1 saturated heterocycles. The predicted molar refractivity (Wildman–Crippen MR) is 92.4 cm³/mol. The summed E-state index contributed by atoms with van der Waals surface area (Å²) in [5.74, 6) is -0.127. The van der Waals surface area contributed by atoms with Gasteiger partial charge in [-0.15, -0.1) is 0 Å². The highest BCUT2D eigenvalue weighted by molar-refractivity contribution is 5.82. The van der Waals surface area contributed by atoms with Crippen LogP contribution in [0.3, 0.4) is 0 Å². The van der Waals surface area contributed by atoms with Crippen LogP contribution in [0.5, 0.6) is 0 Å². The van der Waals surface area contributed by atoms with Crippen LogP contribution in [-0.2, 0) is 0 Å². The molecule has 0 unspecified atom stereocenters. The van der Waals surface area contributed by atoms with Gasteiger partial charge in [0.1, 0.15) is 5.82 Å². The van der Waals surface area contributed by atoms with Crippen LogP contribution < -0.4 is 10.6 Å². The average molecular weight is 344 g/mol. The summed E-state index contributed by atoms with van der Waals surface area (Å²) in [7, 11) is 0. The molecule has 8 nitrogen and oxygen atoms in total. The van der Waals surface area contributed by atoms with Crippen molar-refractivity contribution in [2.75, 3.05) is 31.1 Å². The van der Waals surface area contributed by atoms with Gasteiger partial charge in [-0.05, 0) is 18.2 Å². The first-order valence-corrected chi connectivity index (χ1v) is 7.74. The van der Waals surface area contributed by atoms with E-state index in [2.05, 4.69) is 9.98 Å². The van der Waals surface area contributed by atoms with Crippen LogP contribution >= 0.6 is 0 Å². The normalized spacial score (nSPS) is 15.3. The summed E-state index contributed by atoms with van der Waals surface area (Å²) in [6.07, 6.45) is 1.43. The highest BCUT2D eigenvalue weighted by Crippen LogP contribution is 2.24. The number of pyridine rings is 1. The number of guanidine groups is 1. The molecule has 1 fully saturated rings. The second kappa shape index (κ2) is 7.12. The smallest absolute Gasteiger partial charge is 0.313 e. The Hall–Kier alpha value is -3.23. The molecular weight excluding hydrogens is 327 g/mol. The molecule has 1 aliphatic heterocycles. The molecule has 1 aromatic carbocycles. The van der Waals surface area contributed by atoms with Crippen LogP contribution in [0.2, 0.25) is 0 Å². The van der Waals surface area contributed by atoms with Crippen LogP contribution in [0.15, 0.2) is 47.6 Å². The van der Waals surface area contributed by atoms with E-state index in [1.165, 1.54) is 24.4 Å². The summed E-state index contributed by atoms with van der Waals surface area (Å²) in [6.45, 7) is 2.21. The summed E-state index contributed by atoms with van der Waals surface area (Å²) >= 11 is 0. The van der Waals surface area contributed by atoms with Gasteiger partial charge in [0.2, 0.25) is 5.82 Å². The fraction of sp³-hybridized carbons (Fsp3) is 0.250. The summed E-state index contributed by atoms with van der Waals surface area (Å²) < 4.78 is 13.9. The predicted octanol–water partition coefficient (Wildman–Crippen LogP) is 1.90. The molecule has 2 aromatic rings. The molecule has 1 aliphatic rings. The minimum atomic E-state index is -0.546. The first-order chi connectivity index (χ1) is 12.1. The SMILES string of the molecule is NC(=Nc1ncccc1[N+](=O)[O-])N1CCN(c2ccccc2F)CC1. The first-order valence-electron chi connectivity index (χ1n) is 7.74. The molecule has 3 rings (SSSR count). The van der Waals surface area contributed by atoms with Crippen LogP contribution in [0.4, 0.5) is 21.6 Å². The molecule has 9 heteroatoms. The molecule has 130 valence electrons. The van der Waals surface area contributed by atoms with Gasteiger partial charge in [0.25, 0.3) is 0 Å². The molecular formula is C16H17FN6O2. The van der Waals surface area contributed by atoms with Gasteiger partial charge in [-0.3, -0.25) is 10.1 Å². The maximum Gasteiger partial charge on any atom is 0.313 e. The van der Waals surface area contributed by atoms with Crippen LogP contribution in [0, 0.1) is 15.9 Å². The third-order valence-electron chi connectivity index (χ3n) is 3.98. The van der Waals surface area contributed by atoms with Gasteiger partial charge in [0.15, 0.2) is 5.96 Å². The maximum absolute atomic E-state index is 13.9. The van der Waals surface area contributed by atoms with E-state index >= 15 is 0 Å². The number of aliphatic imine (C=N–C) groups is 1. The van der Waals surface area contributed by atoms with Gasteiger partial charge in [-0.1, -0.05) is 12.1 Å². The minimum Gasteiger partial charge on any atom is -0.369 e. The molecule has 0 spiro atoms. The number of anilines is 1. The van der Waals surface area contributed by atoms with Gasteiger partial charge in [0, 0.05) is 38.4 Å². The van der Waals surface area contributed by atoms with Crippen molar-refractivity contribution < 1.29 is 9.31 Å². The molecule has 0 atom stereocenters. The second-order valence-corrected chi connectivity index (χ2v) is 5.50. The van der Waals surface area contributed by atoms with Gasteiger partial charge >= 0.3 is 5.69 Å². The molecule has 0 aliphatic carbocycles. The molecule has 0 bridgehead atoms. The molecule has 0 amide bonds. The Morgan fingerprint density at radius 3 is 2.60 bits per heavy atom. The highest BCUT2D eigenvalue weighted by Gasteiger charge is 2.21. The third-order valence-corrected chi connectivity index (χ3v) is 3.98. The van der Waals surface area contributed by atoms with Crippen molar-refractivity contribution in [2.24, 2.45) is 10.7 Å². The lowest BCUT2D eigenvalue weighted by Crippen LogP contribution is -2.51. The number of para-hydroxylation sites is 1. The summed E-state index contributed by atoms with van der Waals surface area (Å²) in [5.41, 5.74) is 6.34. The summed E-state index contributed by atoms with van der Waals surface area (Å²) in [6, 6.07) is 9.41. The molecule has 0 radical (unpaired) electrons. The largest absolute Gasteiger partial charge is 0.369 e. The van der Waals surface area contributed by atoms with E-state index in [0.717, 1.165) is 0 Å². The quantitative estimate of drug-likeness (QED) is 0.395. The Morgan fingerprint density at radius 2 is 1.92 bits per heavy atom. The first kappa shape index (κ1) is 16.6. The number of benzene rings is 1. The number of nitro groups is 1. The zero-order chi connectivity index (χ0) is 17.8. The van der Waals surface area contributed by atoms with Crippen molar-refractivity contribution in [3.05, 3.63) is 58.5 Å². The zero-order valence-electron chi connectivity index (χ0n) is 13.4. The summed E-state index contributed by atoms with van der Waals surface area (Å²) in [5, 5.41) is 11.0. The summed E-state index contributed by atoms with van der Waals surface area (Å²) in [4.78, 5) is 22.2. The Morgan fingerprint density at radius 1 is 1.20 bits per heavy atom. The van der Waals surface area contributed by atoms with Crippen LogP contribution in [-0.4, -0.2) is 46.9 Å². The van der Waals surface area contributed by atoms with Crippen molar-refractivity contribution >= 4 is 23.2 Å². The number of hydrogen-bond donors (Lipinski definition) is 1. The van der Waals surface area contributed by atoms with Crippen LogP contribution in [0.25, 0.3) is 0 Å². The van der Waals surface area contributed by atoms with Gasteiger partial charge < -0.3 is 15.5 Å².